The third-order valence-corrected chi connectivity index (χ3v) is 3.48. The molecule has 0 saturated carbocycles. The number of benzene rings is 2. The molecule has 0 unspecified atom stereocenters. The van der Waals surface area contributed by atoms with Gasteiger partial charge in [-0.05, 0) is 48.4 Å². The van der Waals surface area contributed by atoms with Crippen molar-refractivity contribution in [1.29, 1.82) is 0 Å². The molecule has 0 spiro atoms. The number of hydrogen-bond acceptors (Lipinski definition) is 3. The molecule has 1 amide bonds. The number of carbonyl (C=O) groups excluding carboxylic acids is 1. The lowest BCUT2D eigenvalue weighted by Gasteiger charge is -2.08. The monoisotopic (exact) mass is 468 g/mol. The highest BCUT2D eigenvalue weighted by Gasteiger charge is 2.02. The number of hydrogen-bond donors (Lipinski definition) is 3. The molecule has 0 saturated heterocycles. The Morgan fingerprint density at radius 3 is 2.50 bits per heavy atom. The number of nitrogens with one attached hydrogen (secondary N) is 2. The summed E-state index contributed by atoms with van der Waals surface area (Å²) in [5, 5.41) is 5.90. The summed E-state index contributed by atoms with van der Waals surface area (Å²) in [6.07, 6.45) is 1.34. The summed E-state index contributed by atoms with van der Waals surface area (Å²) in [6, 6.07) is 15.0. The van der Waals surface area contributed by atoms with Crippen molar-refractivity contribution in [2.45, 2.75) is 26.3 Å². The summed E-state index contributed by atoms with van der Waals surface area (Å²) in [7, 11) is 1.62. The van der Waals surface area contributed by atoms with Crippen LogP contribution in [0.15, 0.2) is 53.5 Å². The number of halogens is 1. The topological polar surface area (TPSA) is 88.7 Å². The van der Waals surface area contributed by atoms with Gasteiger partial charge >= 0.3 is 0 Å². The Morgan fingerprint density at radius 2 is 1.85 bits per heavy atom. The minimum atomic E-state index is 0. The predicted octanol–water partition coefficient (Wildman–Crippen LogP) is 3.98. The minimum Gasteiger partial charge on any atom is -0.497 e. The number of nitrogens with two attached hydrogens (primary N) is 1. The van der Waals surface area contributed by atoms with Gasteiger partial charge in [0.2, 0.25) is 5.91 Å². The van der Waals surface area contributed by atoms with E-state index in [4.69, 9.17) is 10.5 Å². The van der Waals surface area contributed by atoms with E-state index < -0.39 is 0 Å². The van der Waals surface area contributed by atoms with E-state index in [0.29, 0.717) is 18.9 Å². The number of amides is 1. The maximum absolute atomic E-state index is 11.7. The van der Waals surface area contributed by atoms with Crippen LogP contribution in [-0.2, 0) is 11.3 Å². The van der Waals surface area contributed by atoms with Crippen molar-refractivity contribution >= 4 is 47.2 Å². The van der Waals surface area contributed by atoms with Crippen molar-refractivity contribution in [3.05, 3.63) is 54.1 Å². The van der Waals surface area contributed by atoms with Crippen LogP contribution in [0.2, 0.25) is 0 Å². The maximum Gasteiger partial charge on any atom is 0.224 e. The maximum atomic E-state index is 11.7. The van der Waals surface area contributed by atoms with Gasteiger partial charge in [-0.3, -0.25) is 4.79 Å². The van der Waals surface area contributed by atoms with Gasteiger partial charge in [0.1, 0.15) is 5.75 Å². The largest absolute Gasteiger partial charge is 0.497 e. The first-order valence-electron chi connectivity index (χ1n) is 8.20. The van der Waals surface area contributed by atoms with E-state index in [2.05, 4.69) is 15.6 Å². The number of aliphatic imine (C=N–C) groups is 1. The Hall–Kier alpha value is -2.29. The van der Waals surface area contributed by atoms with E-state index in [1.807, 2.05) is 55.5 Å². The van der Waals surface area contributed by atoms with E-state index in [1.54, 1.807) is 7.11 Å². The second kappa shape index (κ2) is 11.3. The van der Waals surface area contributed by atoms with E-state index in [1.165, 1.54) is 0 Å². The minimum absolute atomic E-state index is 0. The molecule has 0 aliphatic heterocycles. The van der Waals surface area contributed by atoms with Gasteiger partial charge in [-0.15, -0.1) is 24.0 Å². The first-order chi connectivity index (χ1) is 12.1. The van der Waals surface area contributed by atoms with Crippen LogP contribution in [0.4, 0.5) is 11.4 Å². The van der Waals surface area contributed by atoms with Crippen LogP contribution in [0.5, 0.6) is 5.75 Å². The molecule has 0 atom stereocenters. The summed E-state index contributed by atoms with van der Waals surface area (Å²) in [6.45, 7) is 2.40. The molecule has 0 heterocycles. The zero-order valence-corrected chi connectivity index (χ0v) is 17.3. The van der Waals surface area contributed by atoms with Crippen LogP contribution in [0.25, 0.3) is 0 Å². The van der Waals surface area contributed by atoms with Gasteiger partial charge in [-0.1, -0.05) is 19.1 Å². The molecule has 0 radical (unpaired) electrons. The van der Waals surface area contributed by atoms with Gasteiger partial charge in [-0.25, -0.2) is 4.99 Å². The zero-order chi connectivity index (χ0) is 18.1. The van der Waals surface area contributed by atoms with Crippen LogP contribution >= 0.6 is 24.0 Å². The second-order valence-electron chi connectivity index (χ2n) is 5.55. The molecule has 0 aliphatic rings. The van der Waals surface area contributed by atoms with E-state index in [0.717, 1.165) is 29.1 Å². The van der Waals surface area contributed by atoms with Gasteiger partial charge in [0.25, 0.3) is 0 Å². The van der Waals surface area contributed by atoms with Crippen molar-refractivity contribution in [3.8, 4) is 5.75 Å². The first-order valence-corrected chi connectivity index (χ1v) is 8.20. The molecule has 4 N–H and O–H groups in total. The lowest BCUT2D eigenvalue weighted by atomic mass is 10.2. The SMILES string of the molecule is CCCC(=O)Nc1cccc(CN=C(N)Nc2ccc(OC)cc2)c1.I. The third kappa shape index (κ3) is 7.30. The summed E-state index contributed by atoms with van der Waals surface area (Å²) in [5.74, 6) is 1.12. The highest BCUT2D eigenvalue weighted by atomic mass is 127. The fourth-order valence-corrected chi connectivity index (χ4v) is 2.24. The average molecular weight is 468 g/mol. The molecule has 2 rings (SSSR count). The molecule has 0 bridgehead atoms. The number of anilines is 2. The molecule has 2 aromatic carbocycles. The smallest absolute Gasteiger partial charge is 0.224 e. The van der Waals surface area contributed by atoms with Gasteiger partial charge in [0.15, 0.2) is 5.96 Å². The lowest BCUT2D eigenvalue weighted by Crippen LogP contribution is -2.22. The van der Waals surface area contributed by atoms with Crippen molar-refractivity contribution in [3.63, 3.8) is 0 Å². The first kappa shape index (κ1) is 21.8. The number of nitrogens with zero attached hydrogens (tertiary/aromatic N) is 1. The molecule has 0 aliphatic carbocycles. The molecule has 2 aromatic rings. The highest BCUT2D eigenvalue weighted by Crippen LogP contribution is 2.15. The van der Waals surface area contributed by atoms with Crippen molar-refractivity contribution in [1.82, 2.24) is 0 Å². The van der Waals surface area contributed by atoms with Crippen LogP contribution in [0.1, 0.15) is 25.3 Å². The number of ether oxygens (including phenoxy) is 1. The van der Waals surface area contributed by atoms with Crippen LogP contribution in [0, 0.1) is 0 Å². The van der Waals surface area contributed by atoms with Crippen LogP contribution < -0.4 is 21.1 Å². The third-order valence-electron chi connectivity index (χ3n) is 3.48. The van der Waals surface area contributed by atoms with Gasteiger partial charge in [0.05, 0.1) is 13.7 Å². The molecule has 26 heavy (non-hydrogen) atoms. The Morgan fingerprint density at radius 1 is 1.12 bits per heavy atom. The fraction of sp³-hybridized carbons (Fsp3) is 0.263. The Labute approximate surface area is 171 Å². The Balaban J connectivity index is 0.00000338. The van der Waals surface area contributed by atoms with E-state index in [9.17, 15) is 4.79 Å². The number of carbonyl (C=O) groups is 1. The normalized spacial score (nSPS) is 10.6. The standard InChI is InChI=1S/C19H24N4O2.HI/c1-3-5-18(24)22-16-7-4-6-14(12-16)13-21-19(20)23-15-8-10-17(25-2)11-9-15;/h4,6-12H,3,5,13H2,1-2H3,(H,22,24)(H3,20,21,23);1H. The number of guanidine groups is 1. The quantitative estimate of drug-likeness (QED) is 0.326. The van der Waals surface area contributed by atoms with Gasteiger partial charge in [0, 0.05) is 17.8 Å². The van der Waals surface area contributed by atoms with Gasteiger partial charge in [-0.2, -0.15) is 0 Å². The fourth-order valence-electron chi connectivity index (χ4n) is 2.24. The molecule has 140 valence electrons. The van der Waals surface area contributed by atoms with Crippen molar-refractivity contribution in [2.24, 2.45) is 10.7 Å². The number of methoxy groups -OCH3 is 1. The van der Waals surface area contributed by atoms with Crippen LogP contribution in [-0.4, -0.2) is 19.0 Å². The van der Waals surface area contributed by atoms with Gasteiger partial charge < -0.3 is 21.1 Å². The lowest BCUT2D eigenvalue weighted by molar-refractivity contribution is -0.116. The molecular weight excluding hydrogens is 443 g/mol. The molecule has 6 nitrogen and oxygen atoms in total. The molecule has 7 heteroatoms. The summed E-state index contributed by atoms with van der Waals surface area (Å²) in [5.41, 5.74) is 8.49. The van der Waals surface area contributed by atoms with Crippen LogP contribution in [0.3, 0.4) is 0 Å². The second-order valence-corrected chi connectivity index (χ2v) is 5.55. The average Bonchev–Trinajstić information content (AvgIpc) is 2.61. The predicted molar refractivity (Wildman–Crippen MR) is 117 cm³/mol. The molecule has 0 aromatic heterocycles. The number of rotatable bonds is 7. The Bertz CT molecular complexity index is 733. The Kier molecular flexibility index (Phi) is 9.50. The summed E-state index contributed by atoms with van der Waals surface area (Å²) in [4.78, 5) is 16.0. The van der Waals surface area contributed by atoms with E-state index in [-0.39, 0.29) is 29.9 Å². The van der Waals surface area contributed by atoms with Crippen molar-refractivity contribution in [2.75, 3.05) is 17.7 Å². The zero-order valence-electron chi connectivity index (χ0n) is 15.0. The van der Waals surface area contributed by atoms with E-state index >= 15 is 0 Å². The molecular formula is C19H25IN4O2. The summed E-state index contributed by atoms with van der Waals surface area (Å²) < 4.78 is 5.11. The summed E-state index contributed by atoms with van der Waals surface area (Å²) >= 11 is 0. The van der Waals surface area contributed by atoms with Crippen molar-refractivity contribution < 1.29 is 9.53 Å². The molecule has 0 fully saturated rings. The highest BCUT2D eigenvalue weighted by molar-refractivity contribution is 14.0.